The van der Waals surface area contributed by atoms with Gasteiger partial charge in [0, 0.05) is 31.7 Å². The van der Waals surface area contributed by atoms with E-state index in [0.29, 0.717) is 56.9 Å². The highest BCUT2D eigenvalue weighted by Crippen LogP contribution is 2.34. The molecule has 0 bridgehead atoms. The molecule has 192 valence electrons. The summed E-state index contributed by atoms with van der Waals surface area (Å²) in [6.45, 7) is 8.48. The topological polar surface area (TPSA) is 119 Å². The highest BCUT2D eigenvalue weighted by Gasteiger charge is 2.53. The van der Waals surface area contributed by atoms with Crippen LogP contribution in [-0.2, 0) is 20.9 Å². The number of nitrogens with zero attached hydrogens (tertiary/aromatic N) is 2. The number of carboxylic acid groups (broad SMARTS) is 1. The second-order valence-electron chi connectivity index (χ2n) is 10.1. The van der Waals surface area contributed by atoms with Gasteiger partial charge in [0.25, 0.3) is 5.91 Å². The first-order valence-corrected chi connectivity index (χ1v) is 12.6. The maximum absolute atomic E-state index is 13.4. The molecule has 3 N–H and O–H groups in total. The molecule has 9 nitrogen and oxygen atoms in total. The molecular formula is C26H38N4O5. The predicted molar refractivity (Wildman–Crippen MR) is 132 cm³/mol. The van der Waals surface area contributed by atoms with Crippen LogP contribution in [0.25, 0.3) is 0 Å². The first-order valence-electron chi connectivity index (χ1n) is 12.6. The summed E-state index contributed by atoms with van der Waals surface area (Å²) >= 11 is 0. The second-order valence-corrected chi connectivity index (χ2v) is 10.1. The van der Waals surface area contributed by atoms with Crippen molar-refractivity contribution in [2.24, 2.45) is 5.92 Å². The second kappa shape index (κ2) is 11.7. The van der Waals surface area contributed by atoms with Gasteiger partial charge in [0.1, 0.15) is 18.1 Å². The number of carbonyl (C=O) groups excluding carboxylic acids is 3. The van der Waals surface area contributed by atoms with Gasteiger partial charge in [-0.1, -0.05) is 39.3 Å². The molecule has 0 aromatic heterocycles. The molecule has 1 atom stereocenters. The fourth-order valence-corrected chi connectivity index (χ4v) is 5.00. The van der Waals surface area contributed by atoms with Crippen molar-refractivity contribution in [3.63, 3.8) is 0 Å². The molecule has 2 fully saturated rings. The van der Waals surface area contributed by atoms with E-state index in [4.69, 9.17) is 5.11 Å². The van der Waals surface area contributed by atoms with Crippen LogP contribution in [0.4, 0.5) is 0 Å². The quantitative estimate of drug-likeness (QED) is 0.466. The van der Waals surface area contributed by atoms with E-state index in [9.17, 15) is 19.2 Å². The minimum atomic E-state index is -1.09. The van der Waals surface area contributed by atoms with Crippen LogP contribution in [0.2, 0.25) is 0 Å². The Morgan fingerprint density at radius 2 is 1.83 bits per heavy atom. The van der Waals surface area contributed by atoms with Crippen LogP contribution in [0.5, 0.6) is 0 Å². The van der Waals surface area contributed by atoms with Gasteiger partial charge in [-0.3, -0.25) is 24.1 Å². The Balaban J connectivity index is 1.63. The number of aliphatic carboxylic acids is 1. The lowest BCUT2D eigenvalue weighted by molar-refractivity contribution is -0.161. The standard InChI is InChI=1S/C26H38N4O5/c1-4-5-12-30-24(34)21(15-18(2)3)28-25(35)26(30)10-13-29(14-11-26)17-19-6-8-20(9-7-19)23(33)27-16-22(31)32/h6-9,18,21H,4-5,10-17H2,1-3H3,(H,27,33)(H,28,35)(H,31,32)/t21-/m0/s1. The number of rotatable bonds is 10. The first-order chi connectivity index (χ1) is 16.7. The number of hydrogen-bond donors (Lipinski definition) is 3. The van der Waals surface area contributed by atoms with E-state index in [1.54, 1.807) is 12.1 Å². The van der Waals surface area contributed by atoms with Crippen LogP contribution in [0.3, 0.4) is 0 Å². The lowest BCUT2D eigenvalue weighted by Crippen LogP contribution is -2.73. The van der Waals surface area contributed by atoms with Gasteiger partial charge < -0.3 is 20.6 Å². The van der Waals surface area contributed by atoms with Crippen LogP contribution in [0.15, 0.2) is 24.3 Å². The maximum Gasteiger partial charge on any atom is 0.322 e. The molecule has 3 rings (SSSR count). The summed E-state index contributed by atoms with van der Waals surface area (Å²) in [6, 6.07) is 6.66. The molecule has 1 aromatic carbocycles. The van der Waals surface area contributed by atoms with Crippen molar-refractivity contribution in [2.45, 2.75) is 71.0 Å². The van der Waals surface area contributed by atoms with Crippen LogP contribution in [-0.4, -0.2) is 76.4 Å². The van der Waals surface area contributed by atoms with Gasteiger partial charge in [-0.15, -0.1) is 0 Å². The van der Waals surface area contributed by atoms with Gasteiger partial charge in [-0.2, -0.15) is 0 Å². The number of benzene rings is 1. The van der Waals surface area contributed by atoms with Crippen molar-refractivity contribution in [2.75, 3.05) is 26.2 Å². The zero-order valence-electron chi connectivity index (χ0n) is 21.0. The molecule has 35 heavy (non-hydrogen) atoms. The van der Waals surface area contributed by atoms with Gasteiger partial charge in [0.15, 0.2) is 0 Å². The van der Waals surface area contributed by atoms with E-state index in [2.05, 4.69) is 36.3 Å². The first kappa shape index (κ1) is 26.7. The van der Waals surface area contributed by atoms with E-state index in [1.165, 1.54) is 0 Å². The lowest BCUT2D eigenvalue weighted by Gasteiger charge is -2.52. The number of amides is 3. The van der Waals surface area contributed by atoms with Crippen molar-refractivity contribution in [1.82, 2.24) is 20.4 Å². The van der Waals surface area contributed by atoms with Crippen molar-refractivity contribution in [3.8, 4) is 0 Å². The van der Waals surface area contributed by atoms with Gasteiger partial charge in [0.2, 0.25) is 11.8 Å². The molecule has 0 aliphatic carbocycles. The van der Waals surface area contributed by atoms with E-state index >= 15 is 0 Å². The van der Waals surface area contributed by atoms with Crippen molar-refractivity contribution in [1.29, 1.82) is 0 Å². The average Bonchev–Trinajstić information content (AvgIpc) is 2.82. The molecule has 0 saturated carbocycles. The molecule has 2 aliphatic heterocycles. The Kier molecular flexibility index (Phi) is 8.88. The molecule has 2 saturated heterocycles. The zero-order valence-corrected chi connectivity index (χ0v) is 21.0. The summed E-state index contributed by atoms with van der Waals surface area (Å²) in [5, 5.41) is 14.1. The summed E-state index contributed by atoms with van der Waals surface area (Å²) in [5.74, 6) is -1.15. The Morgan fingerprint density at radius 1 is 1.17 bits per heavy atom. The Morgan fingerprint density at radius 3 is 2.40 bits per heavy atom. The SMILES string of the molecule is CCCCN1C(=O)[C@H](CC(C)C)NC(=O)C12CCN(Cc1ccc(C(=O)NCC(=O)O)cc1)CC2. The fraction of sp³-hybridized carbons (Fsp3) is 0.615. The van der Waals surface area contributed by atoms with Crippen molar-refractivity contribution >= 4 is 23.7 Å². The Labute approximate surface area is 207 Å². The third-order valence-corrected chi connectivity index (χ3v) is 6.96. The van der Waals surface area contributed by atoms with Crippen molar-refractivity contribution < 1.29 is 24.3 Å². The summed E-state index contributed by atoms with van der Waals surface area (Å²) in [6.07, 6.45) is 3.69. The van der Waals surface area contributed by atoms with Gasteiger partial charge in [0.05, 0.1) is 0 Å². The average molecular weight is 487 g/mol. The molecule has 2 aliphatic rings. The highest BCUT2D eigenvalue weighted by atomic mass is 16.4. The summed E-state index contributed by atoms with van der Waals surface area (Å²) in [4.78, 5) is 53.5. The number of piperidine rings is 1. The highest BCUT2D eigenvalue weighted by molar-refractivity contribution is 6.00. The summed E-state index contributed by atoms with van der Waals surface area (Å²) < 4.78 is 0. The predicted octanol–water partition coefficient (Wildman–Crippen LogP) is 2.01. The largest absolute Gasteiger partial charge is 0.480 e. The smallest absolute Gasteiger partial charge is 0.322 e. The summed E-state index contributed by atoms with van der Waals surface area (Å²) in [7, 11) is 0. The number of likely N-dealkylation sites (tertiary alicyclic amines) is 1. The number of piperazine rings is 1. The van der Waals surface area contributed by atoms with E-state index < -0.39 is 30.0 Å². The number of hydrogen-bond acceptors (Lipinski definition) is 5. The molecule has 0 radical (unpaired) electrons. The normalized spacial score (nSPS) is 20.2. The van der Waals surface area contributed by atoms with Gasteiger partial charge >= 0.3 is 5.97 Å². The van der Waals surface area contributed by atoms with E-state index in [-0.39, 0.29) is 11.8 Å². The number of unbranched alkanes of at least 4 members (excludes halogenated alkanes) is 1. The third kappa shape index (κ3) is 6.39. The lowest BCUT2D eigenvalue weighted by atomic mass is 9.80. The van der Waals surface area contributed by atoms with E-state index in [0.717, 1.165) is 18.4 Å². The Hall–Kier alpha value is -2.94. The van der Waals surface area contributed by atoms with Gasteiger partial charge in [-0.25, -0.2) is 0 Å². The van der Waals surface area contributed by atoms with Crippen LogP contribution >= 0.6 is 0 Å². The number of carbonyl (C=O) groups is 4. The van der Waals surface area contributed by atoms with E-state index in [1.807, 2.05) is 17.0 Å². The van der Waals surface area contributed by atoms with Crippen LogP contribution < -0.4 is 10.6 Å². The molecule has 3 amide bonds. The Bertz CT molecular complexity index is 922. The summed E-state index contributed by atoms with van der Waals surface area (Å²) in [5.41, 5.74) is 0.662. The molecule has 9 heteroatoms. The number of carboxylic acids is 1. The molecule has 2 heterocycles. The third-order valence-electron chi connectivity index (χ3n) is 6.96. The number of nitrogens with one attached hydrogen (secondary N) is 2. The molecule has 0 unspecified atom stereocenters. The zero-order chi connectivity index (χ0) is 25.6. The van der Waals surface area contributed by atoms with Crippen molar-refractivity contribution in [3.05, 3.63) is 35.4 Å². The monoisotopic (exact) mass is 486 g/mol. The molecular weight excluding hydrogens is 448 g/mol. The minimum absolute atomic E-state index is 0.0183. The van der Waals surface area contributed by atoms with Crippen LogP contribution in [0, 0.1) is 5.92 Å². The van der Waals surface area contributed by atoms with Gasteiger partial charge in [-0.05, 0) is 49.3 Å². The molecule has 1 spiro atoms. The maximum atomic E-state index is 13.4. The van der Waals surface area contributed by atoms with Crippen LogP contribution in [0.1, 0.15) is 68.8 Å². The fourth-order valence-electron chi connectivity index (χ4n) is 5.00. The minimum Gasteiger partial charge on any atom is -0.480 e. The molecule has 1 aromatic rings.